The molecule has 24 heavy (non-hydrogen) atoms. The highest BCUT2D eigenvalue weighted by molar-refractivity contribution is 5.45. The van der Waals surface area contributed by atoms with Crippen molar-refractivity contribution < 1.29 is 9.47 Å². The van der Waals surface area contributed by atoms with Crippen LogP contribution in [0.15, 0.2) is 36.4 Å². The third-order valence-corrected chi connectivity index (χ3v) is 5.98. The summed E-state index contributed by atoms with van der Waals surface area (Å²) in [6, 6.07) is 13.3. The molecule has 0 amide bonds. The number of benzene rings is 2. The molecule has 1 aliphatic rings. The summed E-state index contributed by atoms with van der Waals surface area (Å²) in [5.74, 6) is 4.35. The van der Waals surface area contributed by atoms with Crippen molar-refractivity contribution in [1.29, 1.82) is 0 Å². The molecule has 0 heterocycles. The van der Waals surface area contributed by atoms with Gasteiger partial charge in [-0.25, -0.2) is 0 Å². The molecule has 2 aromatic rings. The molecule has 2 heteroatoms. The van der Waals surface area contributed by atoms with E-state index in [9.17, 15) is 0 Å². The molecule has 0 aliphatic heterocycles. The summed E-state index contributed by atoms with van der Waals surface area (Å²) in [6.07, 6.45) is 0. The van der Waals surface area contributed by atoms with Gasteiger partial charge in [-0.1, -0.05) is 38.1 Å². The second-order valence-corrected chi connectivity index (χ2v) is 7.23. The number of aryl methyl sites for hydroxylation is 2. The van der Waals surface area contributed by atoms with Crippen LogP contribution in [-0.4, -0.2) is 14.2 Å². The topological polar surface area (TPSA) is 18.5 Å². The molecule has 2 nitrogen and oxygen atoms in total. The summed E-state index contributed by atoms with van der Waals surface area (Å²) >= 11 is 0. The first-order valence-corrected chi connectivity index (χ1v) is 8.77. The largest absolute Gasteiger partial charge is 0.496 e. The molecule has 0 aromatic heterocycles. The highest BCUT2D eigenvalue weighted by atomic mass is 16.5. The molecule has 0 radical (unpaired) electrons. The van der Waals surface area contributed by atoms with E-state index >= 15 is 0 Å². The Kier molecular flexibility index (Phi) is 4.58. The maximum Gasteiger partial charge on any atom is 0.122 e. The maximum atomic E-state index is 5.54. The fourth-order valence-corrected chi connectivity index (χ4v) is 4.27. The van der Waals surface area contributed by atoms with Crippen LogP contribution in [0.4, 0.5) is 0 Å². The predicted molar refractivity (Wildman–Crippen MR) is 99.3 cm³/mol. The Balaban J connectivity index is 1.98. The van der Waals surface area contributed by atoms with E-state index in [1.807, 2.05) is 0 Å². The van der Waals surface area contributed by atoms with Crippen molar-refractivity contribution in [3.8, 4) is 11.5 Å². The lowest BCUT2D eigenvalue weighted by Gasteiger charge is -2.50. The number of hydrogen-bond donors (Lipinski definition) is 0. The molecule has 0 unspecified atom stereocenters. The second-order valence-electron chi connectivity index (χ2n) is 7.23. The van der Waals surface area contributed by atoms with Crippen LogP contribution in [0.25, 0.3) is 0 Å². The van der Waals surface area contributed by atoms with Crippen molar-refractivity contribution in [3.05, 3.63) is 58.7 Å². The molecule has 128 valence electrons. The molecule has 0 bridgehead atoms. The van der Waals surface area contributed by atoms with E-state index in [4.69, 9.17) is 9.47 Å². The lowest BCUT2D eigenvalue weighted by atomic mass is 9.54. The molecule has 2 aromatic carbocycles. The number of methoxy groups -OCH3 is 2. The summed E-state index contributed by atoms with van der Waals surface area (Å²) < 4.78 is 11.1. The minimum Gasteiger partial charge on any atom is -0.496 e. The van der Waals surface area contributed by atoms with E-state index in [-0.39, 0.29) is 0 Å². The smallest absolute Gasteiger partial charge is 0.122 e. The van der Waals surface area contributed by atoms with Crippen LogP contribution in [0.3, 0.4) is 0 Å². The summed E-state index contributed by atoms with van der Waals surface area (Å²) in [4.78, 5) is 0. The SMILES string of the molecule is COc1cc([C@@H]2[C@@H](C)[C@@H](C)[C@@H]2c2ccc(C)c(OC)c2)ccc1C. The van der Waals surface area contributed by atoms with Gasteiger partial charge in [0, 0.05) is 0 Å². The molecule has 1 aliphatic carbocycles. The Morgan fingerprint density at radius 1 is 0.667 bits per heavy atom. The van der Waals surface area contributed by atoms with Crippen LogP contribution in [0.1, 0.15) is 47.9 Å². The van der Waals surface area contributed by atoms with Gasteiger partial charge in [-0.05, 0) is 71.9 Å². The van der Waals surface area contributed by atoms with Gasteiger partial charge in [0.05, 0.1) is 14.2 Å². The molecule has 3 rings (SSSR count). The van der Waals surface area contributed by atoms with E-state index in [1.165, 1.54) is 22.3 Å². The van der Waals surface area contributed by atoms with Crippen molar-refractivity contribution in [2.45, 2.75) is 39.5 Å². The zero-order chi connectivity index (χ0) is 17.4. The fraction of sp³-hybridized carbons (Fsp3) is 0.455. The van der Waals surface area contributed by atoms with Gasteiger partial charge in [0.2, 0.25) is 0 Å². The third kappa shape index (κ3) is 2.68. The molecule has 1 saturated carbocycles. The standard InChI is InChI=1S/C22H28O2/c1-13-7-9-17(11-19(13)23-5)21-15(3)16(4)22(21)18-10-8-14(2)20(12-18)24-6/h7-12,15-16,21-22H,1-6H3/t15-,16+,21-,22+. The van der Waals surface area contributed by atoms with Gasteiger partial charge in [0.1, 0.15) is 11.5 Å². The summed E-state index contributed by atoms with van der Waals surface area (Å²) in [5.41, 5.74) is 5.14. The van der Waals surface area contributed by atoms with Crippen LogP contribution in [0.2, 0.25) is 0 Å². The maximum absolute atomic E-state index is 5.54. The summed E-state index contributed by atoms with van der Waals surface area (Å²) in [7, 11) is 3.50. The zero-order valence-corrected chi connectivity index (χ0v) is 15.6. The number of rotatable bonds is 4. The Morgan fingerprint density at radius 2 is 1.04 bits per heavy atom. The first kappa shape index (κ1) is 16.9. The van der Waals surface area contributed by atoms with E-state index in [0.717, 1.165) is 11.5 Å². The van der Waals surface area contributed by atoms with Crippen molar-refractivity contribution in [1.82, 2.24) is 0 Å². The fourth-order valence-electron chi connectivity index (χ4n) is 4.27. The van der Waals surface area contributed by atoms with Gasteiger partial charge in [-0.2, -0.15) is 0 Å². The average Bonchev–Trinajstić information content (AvgIpc) is 2.60. The van der Waals surface area contributed by atoms with Gasteiger partial charge in [-0.3, -0.25) is 0 Å². The minimum absolute atomic E-state index is 0.530. The monoisotopic (exact) mass is 324 g/mol. The molecule has 0 saturated heterocycles. The normalized spacial score (nSPS) is 25.9. The first-order chi connectivity index (χ1) is 11.5. The van der Waals surface area contributed by atoms with Crippen molar-refractivity contribution in [2.24, 2.45) is 11.8 Å². The van der Waals surface area contributed by atoms with Crippen LogP contribution in [0.5, 0.6) is 11.5 Å². The minimum atomic E-state index is 0.530. The molecular weight excluding hydrogens is 296 g/mol. The van der Waals surface area contributed by atoms with Crippen LogP contribution in [0, 0.1) is 25.7 Å². The lowest BCUT2D eigenvalue weighted by molar-refractivity contribution is 0.122. The Bertz CT molecular complexity index is 671. The summed E-state index contributed by atoms with van der Waals surface area (Å²) in [5, 5.41) is 0. The molecule has 0 N–H and O–H groups in total. The number of ether oxygens (including phenoxy) is 2. The second kappa shape index (κ2) is 6.51. The van der Waals surface area contributed by atoms with Crippen LogP contribution in [-0.2, 0) is 0 Å². The Labute approximate surface area is 145 Å². The van der Waals surface area contributed by atoms with Crippen molar-refractivity contribution in [2.75, 3.05) is 14.2 Å². The highest BCUT2D eigenvalue weighted by Crippen LogP contribution is 2.58. The van der Waals surface area contributed by atoms with Gasteiger partial charge in [-0.15, -0.1) is 0 Å². The van der Waals surface area contributed by atoms with E-state index < -0.39 is 0 Å². The highest BCUT2D eigenvalue weighted by Gasteiger charge is 2.46. The lowest BCUT2D eigenvalue weighted by Crippen LogP contribution is -2.40. The van der Waals surface area contributed by atoms with Crippen LogP contribution >= 0.6 is 0 Å². The van der Waals surface area contributed by atoms with Crippen molar-refractivity contribution in [3.63, 3.8) is 0 Å². The Morgan fingerprint density at radius 3 is 1.38 bits per heavy atom. The quantitative estimate of drug-likeness (QED) is 0.742. The molecular formula is C22H28O2. The van der Waals surface area contributed by atoms with Gasteiger partial charge in [0.25, 0.3) is 0 Å². The van der Waals surface area contributed by atoms with Crippen LogP contribution < -0.4 is 9.47 Å². The average molecular weight is 324 g/mol. The predicted octanol–water partition coefficient (Wildman–Crippen LogP) is 5.47. The van der Waals surface area contributed by atoms with Gasteiger partial charge >= 0.3 is 0 Å². The third-order valence-electron chi connectivity index (χ3n) is 5.98. The zero-order valence-electron chi connectivity index (χ0n) is 15.6. The van der Waals surface area contributed by atoms with Gasteiger partial charge < -0.3 is 9.47 Å². The summed E-state index contributed by atoms with van der Waals surface area (Å²) in [6.45, 7) is 8.92. The number of hydrogen-bond acceptors (Lipinski definition) is 2. The van der Waals surface area contributed by atoms with E-state index in [2.05, 4.69) is 64.1 Å². The molecule has 0 spiro atoms. The molecule has 4 atom stereocenters. The Hall–Kier alpha value is -1.96. The van der Waals surface area contributed by atoms with Crippen molar-refractivity contribution >= 4 is 0 Å². The van der Waals surface area contributed by atoms with Gasteiger partial charge in [0.15, 0.2) is 0 Å². The molecule has 1 fully saturated rings. The van der Waals surface area contributed by atoms with E-state index in [0.29, 0.717) is 23.7 Å². The first-order valence-electron chi connectivity index (χ1n) is 8.77. The van der Waals surface area contributed by atoms with E-state index in [1.54, 1.807) is 14.2 Å².